The van der Waals surface area contributed by atoms with Crippen molar-refractivity contribution in [1.29, 1.82) is 0 Å². The van der Waals surface area contributed by atoms with Gasteiger partial charge in [0.15, 0.2) is 0 Å². The molecule has 2 heterocycles. The Morgan fingerprint density at radius 2 is 1.89 bits per heavy atom. The highest BCUT2D eigenvalue weighted by Gasteiger charge is 2.23. The summed E-state index contributed by atoms with van der Waals surface area (Å²) in [5, 5.41) is 3.36. The molecule has 0 spiro atoms. The van der Waals surface area contributed by atoms with Gasteiger partial charge >= 0.3 is 0 Å². The minimum absolute atomic E-state index is 0. The third-order valence-electron chi connectivity index (χ3n) is 3.89. The van der Waals surface area contributed by atoms with Crippen LogP contribution in [0, 0.1) is 5.92 Å². The maximum atomic E-state index is 12.0. The molecule has 0 aromatic carbocycles. The van der Waals surface area contributed by atoms with Gasteiger partial charge in [0.05, 0.1) is 0 Å². The van der Waals surface area contributed by atoms with E-state index in [0.29, 0.717) is 25.6 Å². The van der Waals surface area contributed by atoms with Crippen LogP contribution in [0.2, 0.25) is 0 Å². The summed E-state index contributed by atoms with van der Waals surface area (Å²) in [5.74, 6) is 0.628. The molecule has 2 saturated heterocycles. The lowest BCUT2D eigenvalue weighted by Gasteiger charge is -2.27. The third kappa shape index (κ3) is 5.55. The average molecular weight is 312 g/mol. The van der Waals surface area contributed by atoms with Crippen LogP contribution in [0.25, 0.3) is 0 Å². The lowest BCUT2D eigenvalue weighted by atomic mass is 9.96. The van der Waals surface area contributed by atoms with Gasteiger partial charge in [0.25, 0.3) is 10.2 Å². The Kier molecular flexibility index (Phi) is 7.61. The summed E-state index contributed by atoms with van der Waals surface area (Å²) in [5.41, 5.74) is 0. The first-order valence-corrected chi connectivity index (χ1v) is 8.58. The Morgan fingerprint density at radius 1 is 1.16 bits per heavy atom. The van der Waals surface area contributed by atoms with Crippen molar-refractivity contribution in [1.82, 2.24) is 14.3 Å². The summed E-state index contributed by atoms with van der Waals surface area (Å²) < 4.78 is 28.4. The lowest BCUT2D eigenvalue weighted by molar-refractivity contribution is 0.334. The van der Waals surface area contributed by atoms with E-state index in [0.717, 1.165) is 38.8 Å². The van der Waals surface area contributed by atoms with E-state index >= 15 is 0 Å². The molecule has 2 fully saturated rings. The number of rotatable bonds is 5. The van der Waals surface area contributed by atoms with E-state index in [2.05, 4.69) is 10.0 Å². The molecule has 2 N–H and O–H groups in total. The lowest BCUT2D eigenvalue weighted by Crippen LogP contribution is -2.44. The number of nitrogens with one attached hydrogen (secondary N) is 2. The number of piperidine rings is 2. The zero-order chi connectivity index (χ0) is 12.8. The molecule has 0 aromatic rings. The van der Waals surface area contributed by atoms with Crippen LogP contribution in [0.4, 0.5) is 0 Å². The predicted octanol–water partition coefficient (Wildman–Crippen LogP) is 1.12. The molecule has 1 unspecified atom stereocenters. The molecule has 2 aliphatic rings. The van der Waals surface area contributed by atoms with Crippen molar-refractivity contribution in [2.75, 3.05) is 32.7 Å². The second-order valence-electron chi connectivity index (χ2n) is 5.36. The summed E-state index contributed by atoms with van der Waals surface area (Å²) in [7, 11) is -3.22. The molecular weight excluding hydrogens is 286 g/mol. The van der Waals surface area contributed by atoms with Crippen molar-refractivity contribution in [2.24, 2.45) is 5.92 Å². The van der Waals surface area contributed by atoms with Gasteiger partial charge in [-0.1, -0.05) is 6.42 Å². The van der Waals surface area contributed by atoms with E-state index in [4.69, 9.17) is 0 Å². The van der Waals surface area contributed by atoms with Gasteiger partial charge in [-0.25, -0.2) is 4.72 Å². The predicted molar refractivity (Wildman–Crippen MR) is 79.8 cm³/mol. The van der Waals surface area contributed by atoms with Crippen molar-refractivity contribution in [3.8, 4) is 0 Å². The van der Waals surface area contributed by atoms with E-state index < -0.39 is 10.2 Å². The van der Waals surface area contributed by atoms with Gasteiger partial charge in [-0.2, -0.15) is 12.7 Å². The summed E-state index contributed by atoms with van der Waals surface area (Å²) in [6.07, 6.45) is 6.52. The van der Waals surface area contributed by atoms with Crippen LogP contribution in [0.15, 0.2) is 0 Å². The van der Waals surface area contributed by atoms with Gasteiger partial charge < -0.3 is 5.32 Å². The largest absolute Gasteiger partial charge is 0.316 e. The molecule has 0 bridgehead atoms. The van der Waals surface area contributed by atoms with Gasteiger partial charge in [0, 0.05) is 19.6 Å². The van der Waals surface area contributed by atoms with Crippen LogP contribution in [-0.2, 0) is 10.2 Å². The highest BCUT2D eigenvalue weighted by Crippen LogP contribution is 2.14. The topological polar surface area (TPSA) is 61.4 Å². The zero-order valence-corrected chi connectivity index (χ0v) is 13.1. The minimum atomic E-state index is -3.22. The standard InChI is InChI=1S/C12H25N3O2S.ClH/c16-18(17,15-9-2-1-3-10-15)14-8-6-12-5-4-7-13-11-12;/h12-14H,1-11H2;1H. The molecule has 0 aromatic heterocycles. The number of hydrogen-bond donors (Lipinski definition) is 2. The Balaban J connectivity index is 0.00000180. The molecule has 0 aliphatic carbocycles. The van der Waals surface area contributed by atoms with Crippen LogP contribution < -0.4 is 10.0 Å². The molecule has 0 amide bonds. The maximum Gasteiger partial charge on any atom is 0.279 e. The van der Waals surface area contributed by atoms with Crippen molar-refractivity contribution in [3.05, 3.63) is 0 Å². The summed E-state index contributed by atoms with van der Waals surface area (Å²) in [6.45, 7) is 4.08. The quantitative estimate of drug-likeness (QED) is 0.800. The fraction of sp³-hybridized carbons (Fsp3) is 1.00. The smallest absolute Gasteiger partial charge is 0.279 e. The average Bonchev–Trinajstić information content (AvgIpc) is 2.41. The first kappa shape index (κ1) is 17.2. The van der Waals surface area contributed by atoms with Gasteiger partial charge in [-0.3, -0.25) is 0 Å². The van der Waals surface area contributed by atoms with Gasteiger partial charge in [0.2, 0.25) is 0 Å². The normalized spacial score (nSPS) is 25.8. The van der Waals surface area contributed by atoms with Gasteiger partial charge in [0.1, 0.15) is 0 Å². The van der Waals surface area contributed by atoms with Crippen LogP contribution in [0.3, 0.4) is 0 Å². The van der Waals surface area contributed by atoms with Crippen molar-refractivity contribution in [2.45, 2.75) is 38.5 Å². The molecule has 7 heteroatoms. The third-order valence-corrected chi connectivity index (χ3v) is 5.50. The first-order chi connectivity index (χ1) is 8.68. The van der Waals surface area contributed by atoms with E-state index in [1.165, 1.54) is 12.8 Å². The van der Waals surface area contributed by atoms with Crippen molar-refractivity contribution in [3.63, 3.8) is 0 Å². The number of nitrogens with zero attached hydrogens (tertiary/aromatic N) is 1. The molecule has 2 aliphatic heterocycles. The number of hydrogen-bond acceptors (Lipinski definition) is 3. The number of halogens is 1. The fourth-order valence-corrected chi connectivity index (χ4v) is 4.06. The van der Waals surface area contributed by atoms with E-state index in [9.17, 15) is 8.42 Å². The summed E-state index contributed by atoms with van der Waals surface area (Å²) in [4.78, 5) is 0. The fourth-order valence-electron chi connectivity index (χ4n) is 2.76. The van der Waals surface area contributed by atoms with Gasteiger partial charge in [-0.05, 0) is 51.1 Å². The first-order valence-electron chi connectivity index (χ1n) is 7.14. The summed E-state index contributed by atoms with van der Waals surface area (Å²) >= 11 is 0. The monoisotopic (exact) mass is 311 g/mol. The molecule has 0 saturated carbocycles. The molecule has 5 nitrogen and oxygen atoms in total. The Morgan fingerprint density at radius 3 is 2.53 bits per heavy atom. The van der Waals surface area contributed by atoms with Crippen LogP contribution >= 0.6 is 12.4 Å². The molecule has 2 rings (SSSR count). The molecule has 1 atom stereocenters. The highest BCUT2D eigenvalue weighted by molar-refractivity contribution is 7.87. The zero-order valence-electron chi connectivity index (χ0n) is 11.4. The Labute approximate surface area is 123 Å². The molecule has 114 valence electrons. The summed E-state index contributed by atoms with van der Waals surface area (Å²) in [6, 6.07) is 0. The van der Waals surface area contributed by atoms with E-state index in [1.54, 1.807) is 4.31 Å². The van der Waals surface area contributed by atoms with E-state index in [1.807, 2.05) is 0 Å². The van der Waals surface area contributed by atoms with Crippen LogP contribution in [0.1, 0.15) is 38.5 Å². The Hall–Kier alpha value is 0.120. The van der Waals surface area contributed by atoms with Crippen molar-refractivity contribution < 1.29 is 8.42 Å². The second kappa shape index (κ2) is 8.42. The molecule has 19 heavy (non-hydrogen) atoms. The maximum absolute atomic E-state index is 12.0. The molecular formula is C12H26ClN3O2S. The molecule has 0 radical (unpaired) electrons. The van der Waals surface area contributed by atoms with Crippen LogP contribution in [-0.4, -0.2) is 45.4 Å². The minimum Gasteiger partial charge on any atom is -0.316 e. The van der Waals surface area contributed by atoms with Crippen LogP contribution in [0.5, 0.6) is 0 Å². The SMILES string of the molecule is Cl.O=S(=O)(NCCC1CCCNC1)N1CCCCC1. The Bertz CT molecular complexity index is 339. The van der Waals surface area contributed by atoms with Gasteiger partial charge in [-0.15, -0.1) is 12.4 Å². The second-order valence-corrected chi connectivity index (χ2v) is 7.12. The van der Waals surface area contributed by atoms with E-state index in [-0.39, 0.29) is 12.4 Å². The van der Waals surface area contributed by atoms with Crippen molar-refractivity contribution >= 4 is 22.6 Å². The highest BCUT2D eigenvalue weighted by atomic mass is 35.5.